The summed E-state index contributed by atoms with van der Waals surface area (Å²) in [7, 11) is 0. The maximum atomic E-state index is 12.8. The van der Waals surface area contributed by atoms with Crippen LogP contribution in [0.15, 0.2) is 12.5 Å². The number of nitrogens with one attached hydrogen (secondary N) is 1. The zero-order chi connectivity index (χ0) is 7.84. The molecule has 1 N–H and O–H groups in total. The van der Waals surface area contributed by atoms with E-state index in [0.29, 0.717) is 11.0 Å². The van der Waals surface area contributed by atoms with Gasteiger partial charge in [0.15, 0.2) is 0 Å². The second-order valence-corrected chi connectivity index (χ2v) is 2.36. The lowest BCUT2D eigenvalue weighted by Gasteiger charge is -1.92. The third kappa shape index (κ3) is 0.790. The quantitative estimate of drug-likeness (QED) is 0.578. The Balaban J connectivity index is 2.96. The molecule has 0 fully saturated rings. The normalized spacial score (nSPS) is 10.7. The van der Waals surface area contributed by atoms with Gasteiger partial charge in [0.2, 0.25) is 5.95 Å². The van der Waals surface area contributed by atoms with Crippen LogP contribution in [-0.2, 0) is 0 Å². The van der Waals surface area contributed by atoms with Gasteiger partial charge in [-0.05, 0) is 12.5 Å². The first-order valence-corrected chi connectivity index (χ1v) is 3.23. The zero-order valence-corrected chi connectivity index (χ0v) is 5.93. The summed E-state index contributed by atoms with van der Waals surface area (Å²) in [5.74, 6) is -0.497. The van der Waals surface area contributed by atoms with Gasteiger partial charge in [-0.25, -0.2) is 9.97 Å². The molecule has 4 heteroatoms. The summed E-state index contributed by atoms with van der Waals surface area (Å²) in [5, 5.41) is 0. The van der Waals surface area contributed by atoms with Crippen molar-refractivity contribution in [3.8, 4) is 0 Å². The van der Waals surface area contributed by atoms with Gasteiger partial charge in [-0.15, -0.1) is 0 Å². The van der Waals surface area contributed by atoms with E-state index < -0.39 is 5.95 Å². The average molecular weight is 151 g/mol. The predicted octanol–water partition coefficient (Wildman–Crippen LogP) is 1.41. The van der Waals surface area contributed by atoms with Crippen molar-refractivity contribution in [1.82, 2.24) is 15.0 Å². The van der Waals surface area contributed by atoms with Crippen LogP contribution < -0.4 is 0 Å². The smallest absolute Gasteiger partial charge is 0.238 e. The van der Waals surface area contributed by atoms with Crippen LogP contribution in [-0.4, -0.2) is 15.0 Å². The largest absolute Gasteiger partial charge is 0.341 e. The van der Waals surface area contributed by atoms with Gasteiger partial charge < -0.3 is 4.98 Å². The lowest BCUT2D eigenvalue weighted by atomic mass is 10.3. The van der Waals surface area contributed by atoms with Gasteiger partial charge in [-0.2, -0.15) is 4.39 Å². The molecule has 2 heterocycles. The number of nitrogens with zero attached hydrogens (tertiary/aromatic N) is 2. The van der Waals surface area contributed by atoms with Crippen LogP contribution in [0.5, 0.6) is 0 Å². The van der Waals surface area contributed by atoms with Crippen molar-refractivity contribution in [3.05, 3.63) is 24.0 Å². The molecule has 2 aromatic rings. The number of imidazole rings is 1. The Kier molecular flexibility index (Phi) is 1.15. The first kappa shape index (κ1) is 6.27. The number of rotatable bonds is 0. The fraction of sp³-hybridized carbons (Fsp3) is 0.143. The van der Waals surface area contributed by atoms with E-state index in [1.807, 2.05) is 6.92 Å². The van der Waals surface area contributed by atoms with Crippen molar-refractivity contribution in [1.29, 1.82) is 0 Å². The van der Waals surface area contributed by atoms with E-state index >= 15 is 0 Å². The molecule has 0 bridgehead atoms. The van der Waals surface area contributed by atoms with Crippen LogP contribution in [0.2, 0.25) is 0 Å². The zero-order valence-electron chi connectivity index (χ0n) is 5.93. The Morgan fingerprint density at radius 1 is 1.45 bits per heavy atom. The van der Waals surface area contributed by atoms with E-state index in [0.717, 1.165) is 5.56 Å². The summed E-state index contributed by atoms with van der Waals surface area (Å²) >= 11 is 0. The fourth-order valence-electron chi connectivity index (χ4n) is 1.03. The second-order valence-electron chi connectivity index (χ2n) is 2.36. The van der Waals surface area contributed by atoms with Gasteiger partial charge in [0.25, 0.3) is 0 Å². The Hall–Kier alpha value is -1.45. The molecule has 2 aromatic heterocycles. The Morgan fingerprint density at radius 2 is 2.27 bits per heavy atom. The number of hydrogen-bond donors (Lipinski definition) is 1. The van der Waals surface area contributed by atoms with Crippen LogP contribution >= 0.6 is 0 Å². The highest BCUT2D eigenvalue weighted by Crippen LogP contribution is 2.14. The van der Waals surface area contributed by atoms with Gasteiger partial charge in [-0.3, -0.25) is 0 Å². The standard InChI is InChI=1S/C7H6FN3/c1-4-2-9-7(8)6-5(4)10-3-11-6/h2-3H,1H3,(H,10,11). The number of aromatic nitrogens is 3. The van der Waals surface area contributed by atoms with Gasteiger partial charge in [0.1, 0.15) is 5.52 Å². The maximum absolute atomic E-state index is 12.8. The van der Waals surface area contributed by atoms with Gasteiger partial charge >= 0.3 is 0 Å². The molecule has 0 radical (unpaired) electrons. The maximum Gasteiger partial charge on any atom is 0.238 e. The fourth-order valence-corrected chi connectivity index (χ4v) is 1.03. The molecule has 0 aromatic carbocycles. The van der Waals surface area contributed by atoms with Crippen molar-refractivity contribution in [2.24, 2.45) is 0 Å². The monoisotopic (exact) mass is 151 g/mol. The number of aryl methyl sites for hydroxylation is 1. The van der Waals surface area contributed by atoms with Crippen LogP contribution in [0.25, 0.3) is 11.0 Å². The van der Waals surface area contributed by atoms with E-state index in [4.69, 9.17) is 0 Å². The van der Waals surface area contributed by atoms with Crippen LogP contribution in [0, 0.1) is 12.9 Å². The van der Waals surface area contributed by atoms with Gasteiger partial charge in [0.05, 0.1) is 11.8 Å². The van der Waals surface area contributed by atoms with E-state index in [-0.39, 0.29) is 0 Å². The number of H-pyrrole nitrogens is 1. The highest BCUT2D eigenvalue weighted by molar-refractivity contribution is 5.76. The number of fused-ring (bicyclic) bond motifs is 1. The third-order valence-corrected chi connectivity index (χ3v) is 1.59. The molecule has 0 saturated carbocycles. The lowest BCUT2D eigenvalue weighted by molar-refractivity contribution is 0.593. The molecule has 2 rings (SSSR count). The highest BCUT2D eigenvalue weighted by Gasteiger charge is 2.05. The molecular weight excluding hydrogens is 145 g/mol. The summed E-state index contributed by atoms with van der Waals surface area (Å²) in [6, 6.07) is 0. The van der Waals surface area contributed by atoms with Crippen molar-refractivity contribution in [2.45, 2.75) is 6.92 Å². The summed E-state index contributed by atoms with van der Waals surface area (Å²) in [6.45, 7) is 1.84. The molecule has 0 aliphatic heterocycles. The third-order valence-electron chi connectivity index (χ3n) is 1.59. The number of hydrogen-bond acceptors (Lipinski definition) is 2. The van der Waals surface area contributed by atoms with Gasteiger partial charge in [0, 0.05) is 6.20 Å². The topological polar surface area (TPSA) is 41.6 Å². The predicted molar refractivity (Wildman–Crippen MR) is 38.6 cm³/mol. The summed E-state index contributed by atoms with van der Waals surface area (Å²) < 4.78 is 12.8. The van der Waals surface area contributed by atoms with E-state index in [1.54, 1.807) is 0 Å². The molecule has 0 saturated heterocycles. The average Bonchev–Trinajstić information content (AvgIpc) is 2.45. The van der Waals surface area contributed by atoms with Crippen molar-refractivity contribution in [3.63, 3.8) is 0 Å². The molecule has 0 aliphatic carbocycles. The number of halogens is 1. The molecule has 0 atom stereocenters. The second kappa shape index (κ2) is 2.02. The Labute approximate surface area is 62.3 Å². The first-order chi connectivity index (χ1) is 5.29. The van der Waals surface area contributed by atoms with Crippen LogP contribution in [0.1, 0.15) is 5.56 Å². The molecule has 0 aliphatic rings. The Bertz CT molecular complexity index is 357. The van der Waals surface area contributed by atoms with Crippen molar-refractivity contribution < 1.29 is 4.39 Å². The lowest BCUT2D eigenvalue weighted by Crippen LogP contribution is -1.86. The summed E-state index contributed by atoms with van der Waals surface area (Å²) in [5.41, 5.74) is 1.91. The molecule has 0 spiro atoms. The SMILES string of the molecule is Cc1cnc(F)c2[nH]cnc12. The molecule has 56 valence electrons. The summed E-state index contributed by atoms with van der Waals surface area (Å²) in [6.07, 6.45) is 2.93. The molecule has 0 amide bonds. The first-order valence-electron chi connectivity index (χ1n) is 3.23. The minimum absolute atomic E-state index is 0.380. The van der Waals surface area contributed by atoms with Crippen molar-refractivity contribution in [2.75, 3.05) is 0 Å². The van der Waals surface area contributed by atoms with Crippen LogP contribution in [0.4, 0.5) is 4.39 Å². The molecule has 3 nitrogen and oxygen atoms in total. The van der Waals surface area contributed by atoms with Crippen molar-refractivity contribution >= 4 is 11.0 Å². The number of pyridine rings is 1. The minimum Gasteiger partial charge on any atom is -0.341 e. The van der Waals surface area contributed by atoms with E-state index in [1.165, 1.54) is 12.5 Å². The molecular formula is C7H6FN3. The van der Waals surface area contributed by atoms with E-state index in [2.05, 4.69) is 15.0 Å². The number of aromatic amines is 1. The minimum atomic E-state index is -0.497. The molecule has 11 heavy (non-hydrogen) atoms. The Morgan fingerprint density at radius 3 is 3.00 bits per heavy atom. The highest BCUT2D eigenvalue weighted by atomic mass is 19.1. The van der Waals surface area contributed by atoms with Gasteiger partial charge in [-0.1, -0.05) is 0 Å². The van der Waals surface area contributed by atoms with E-state index in [9.17, 15) is 4.39 Å². The molecule has 0 unspecified atom stereocenters. The summed E-state index contributed by atoms with van der Waals surface area (Å²) in [4.78, 5) is 10.2. The van der Waals surface area contributed by atoms with Crippen LogP contribution in [0.3, 0.4) is 0 Å².